The third-order valence-electron chi connectivity index (χ3n) is 11.2. The summed E-state index contributed by atoms with van der Waals surface area (Å²) in [7, 11) is 0. The SMILES string of the molecule is CC[C@@H]1Oc2cc3c(cc2O1)C1(CCC(Nc2cccc(Cl)c2)(C(=O)O)CC1)[C@@H](C[C@@H](C)COc1ccnc2c1[C@H](C)CCC2)C3. The van der Waals surface area contributed by atoms with Crippen LogP contribution in [-0.4, -0.2) is 34.5 Å². The van der Waals surface area contributed by atoms with E-state index in [2.05, 4.69) is 43.2 Å². The van der Waals surface area contributed by atoms with Gasteiger partial charge in [-0.25, -0.2) is 4.79 Å². The Bertz CT molecular complexity index is 1620. The summed E-state index contributed by atoms with van der Waals surface area (Å²) in [5.41, 5.74) is 4.62. The molecule has 3 aliphatic carbocycles. The normalized spacial score (nSPS) is 28.4. The molecule has 1 fully saturated rings. The van der Waals surface area contributed by atoms with E-state index in [1.54, 1.807) is 12.1 Å². The van der Waals surface area contributed by atoms with E-state index in [1.807, 2.05) is 24.4 Å². The number of fused-ring (bicyclic) bond motifs is 4. The molecule has 0 radical (unpaired) electrons. The number of nitrogens with zero attached hydrogens (tertiary/aromatic N) is 1. The Morgan fingerprint density at radius 2 is 1.93 bits per heavy atom. The quantitative estimate of drug-likeness (QED) is 0.241. The van der Waals surface area contributed by atoms with Crippen LogP contribution in [0.25, 0.3) is 0 Å². The van der Waals surface area contributed by atoms with Crippen LogP contribution in [0.2, 0.25) is 5.02 Å². The number of aryl methyl sites for hydroxylation is 1. The largest absolute Gasteiger partial charge is 0.493 e. The Morgan fingerprint density at radius 3 is 2.67 bits per heavy atom. The Kier molecular flexibility index (Phi) is 8.33. The standard InChI is InChI=1S/C38H45ClN2O5/c1-4-34-45-32-19-25-18-26(17-23(2)22-44-31-11-16-40-30-10-5-7-24(3)35(30)31)37(29(25)21-33(32)46-34)12-14-38(15-13-37,36(42)43)41-28-9-6-8-27(39)20-28/h6,8-9,11,16,19-21,23-24,26,34,41H,4-5,7,10,12-15,17-18,22H2,1-3H3,(H,42,43)/t23-,24-,26+,34-,37?,38?/m1/s1. The highest BCUT2D eigenvalue weighted by Crippen LogP contribution is 2.58. The van der Waals surface area contributed by atoms with Crippen molar-refractivity contribution in [3.63, 3.8) is 0 Å². The van der Waals surface area contributed by atoms with Crippen molar-refractivity contribution in [1.82, 2.24) is 4.98 Å². The molecular weight excluding hydrogens is 600 g/mol. The van der Waals surface area contributed by atoms with E-state index in [0.29, 0.717) is 42.2 Å². The van der Waals surface area contributed by atoms with Gasteiger partial charge < -0.3 is 24.6 Å². The van der Waals surface area contributed by atoms with Gasteiger partial charge in [0.25, 0.3) is 0 Å². The molecule has 2 aromatic carbocycles. The molecule has 4 atom stereocenters. The lowest BCUT2D eigenvalue weighted by Gasteiger charge is -2.47. The molecule has 1 saturated carbocycles. The smallest absolute Gasteiger partial charge is 0.329 e. The molecule has 0 unspecified atom stereocenters. The van der Waals surface area contributed by atoms with Crippen molar-refractivity contribution in [1.29, 1.82) is 0 Å². The van der Waals surface area contributed by atoms with Crippen molar-refractivity contribution in [3.05, 3.63) is 76.1 Å². The number of carbonyl (C=O) groups is 1. The topological polar surface area (TPSA) is 89.9 Å². The van der Waals surface area contributed by atoms with Crippen LogP contribution in [0.5, 0.6) is 17.2 Å². The molecule has 1 spiro atoms. The van der Waals surface area contributed by atoms with Gasteiger partial charge in [0.1, 0.15) is 11.3 Å². The fraction of sp³-hybridized carbons (Fsp3) is 0.526. The van der Waals surface area contributed by atoms with Gasteiger partial charge in [-0.3, -0.25) is 4.98 Å². The number of carboxylic acid groups (broad SMARTS) is 1. The van der Waals surface area contributed by atoms with Gasteiger partial charge in [0.15, 0.2) is 11.5 Å². The van der Waals surface area contributed by atoms with E-state index in [-0.39, 0.29) is 11.7 Å². The zero-order valence-electron chi connectivity index (χ0n) is 27.1. The minimum absolute atomic E-state index is 0.147. The molecule has 8 heteroatoms. The molecule has 4 aliphatic rings. The number of ether oxygens (including phenoxy) is 3. The predicted molar refractivity (Wildman–Crippen MR) is 179 cm³/mol. The summed E-state index contributed by atoms with van der Waals surface area (Å²) in [6.07, 6.45) is 10.3. The van der Waals surface area contributed by atoms with Crippen LogP contribution in [0.4, 0.5) is 5.69 Å². The molecule has 0 bridgehead atoms. The van der Waals surface area contributed by atoms with Crippen molar-refractivity contribution in [2.45, 2.75) is 108 Å². The lowest BCUT2D eigenvalue weighted by Crippen LogP contribution is -2.53. The van der Waals surface area contributed by atoms with Crippen molar-refractivity contribution >= 4 is 23.3 Å². The van der Waals surface area contributed by atoms with E-state index in [4.69, 9.17) is 25.8 Å². The molecule has 46 heavy (non-hydrogen) atoms. The summed E-state index contributed by atoms with van der Waals surface area (Å²) in [6.45, 7) is 7.27. The molecule has 2 heterocycles. The number of rotatable bonds is 9. The zero-order valence-corrected chi connectivity index (χ0v) is 27.9. The number of aromatic nitrogens is 1. The highest BCUT2D eigenvalue weighted by Gasteiger charge is 2.54. The summed E-state index contributed by atoms with van der Waals surface area (Å²) in [5, 5.41) is 14.5. The maximum absolute atomic E-state index is 12.9. The lowest BCUT2D eigenvalue weighted by atomic mass is 9.59. The minimum atomic E-state index is -1.06. The van der Waals surface area contributed by atoms with Crippen molar-refractivity contribution < 1.29 is 24.1 Å². The Balaban J connectivity index is 1.14. The average molecular weight is 645 g/mol. The summed E-state index contributed by atoms with van der Waals surface area (Å²) in [6, 6.07) is 13.8. The van der Waals surface area contributed by atoms with Crippen molar-refractivity contribution in [2.24, 2.45) is 11.8 Å². The number of anilines is 1. The number of benzene rings is 2. The highest BCUT2D eigenvalue weighted by molar-refractivity contribution is 6.30. The summed E-state index contributed by atoms with van der Waals surface area (Å²) >= 11 is 6.26. The third-order valence-corrected chi connectivity index (χ3v) is 11.4. The summed E-state index contributed by atoms with van der Waals surface area (Å²) in [4.78, 5) is 17.5. The molecule has 1 aliphatic heterocycles. The van der Waals surface area contributed by atoms with Crippen LogP contribution in [-0.2, 0) is 23.1 Å². The fourth-order valence-corrected chi connectivity index (χ4v) is 8.96. The van der Waals surface area contributed by atoms with Gasteiger partial charge in [0, 0.05) is 34.6 Å². The first-order valence-corrected chi connectivity index (χ1v) is 17.5. The van der Waals surface area contributed by atoms with Crippen LogP contribution in [0.15, 0.2) is 48.7 Å². The van der Waals surface area contributed by atoms with Crippen LogP contribution in [0, 0.1) is 11.8 Å². The van der Waals surface area contributed by atoms with Gasteiger partial charge in [0.05, 0.1) is 6.61 Å². The predicted octanol–water partition coefficient (Wildman–Crippen LogP) is 8.71. The second-order valence-corrected chi connectivity index (χ2v) is 14.7. The Labute approximate surface area is 277 Å². The third kappa shape index (κ3) is 5.59. The summed E-state index contributed by atoms with van der Waals surface area (Å²) < 4.78 is 18.8. The molecule has 7 nitrogen and oxygen atoms in total. The molecule has 0 saturated heterocycles. The first-order chi connectivity index (χ1) is 22.2. The maximum atomic E-state index is 12.9. The first kappa shape index (κ1) is 31.2. The molecule has 0 amide bonds. The fourth-order valence-electron chi connectivity index (χ4n) is 8.77. The number of aliphatic carboxylic acids is 1. The van der Waals surface area contributed by atoms with Gasteiger partial charge in [-0.15, -0.1) is 0 Å². The molecule has 7 rings (SSSR count). The number of nitrogens with one attached hydrogen (secondary N) is 1. The van der Waals surface area contributed by atoms with Crippen LogP contribution < -0.4 is 19.5 Å². The zero-order chi connectivity index (χ0) is 32.1. The van der Waals surface area contributed by atoms with Crippen molar-refractivity contribution in [3.8, 4) is 17.2 Å². The van der Waals surface area contributed by atoms with E-state index in [1.165, 1.54) is 35.2 Å². The van der Waals surface area contributed by atoms with Crippen LogP contribution in [0.1, 0.15) is 100 Å². The minimum Gasteiger partial charge on any atom is -0.493 e. The second-order valence-electron chi connectivity index (χ2n) is 14.2. The van der Waals surface area contributed by atoms with Crippen LogP contribution in [0.3, 0.4) is 0 Å². The molecule has 244 valence electrons. The highest BCUT2D eigenvalue weighted by atomic mass is 35.5. The molecule has 2 N–H and O–H groups in total. The number of pyridine rings is 1. The monoisotopic (exact) mass is 644 g/mol. The van der Waals surface area contributed by atoms with Crippen molar-refractivity contribution in [2.75, 3.05) is 11.9 Å². The van der Waals surface area contributed by atoms with E-state index in [0.717, 1.165) is 61.5 Å². The molecule has 3 aromatic rings. The first-order valence-electron chi connectivity index (χ1n) is 17.1. The van der Waals surface area contributed by atoms with Gasteiger partial charge in [-0.2, -0.15) is 0 Å². The van der Waals surface area contributed by atoms with Gasteiger partial charge in [0.2, 0.25) is 6.29 Å². The van der Waals surface area contributed by atoms with E-state index < -0.39 is 11.5 Å². The van der Waals surface area contributed by atoms with Gasteiger partial charge in [-0.1, -0.05) is 38.4 Å². The number of halogens is 1. The number of hydrogen-bond acceptors (Lipinski definition) is 6. The number of hydrogen-bond donors (Lipinski definition) is 2. The van der Waals surface area contributed by atoms with Crippen LogP contribution >= 0.6 is 11.6 Å². The Morgan fingerprint density at radius 1 is 1.15 bits per heavy atom. The van der Waals surface area contributed by atoms with E-state index in [9.17, 15) is 9.90 Å². The Hall–Kier alpha value is -3.45. The van der Waals surface area contributed by atoms with E-state index >= 15 is 0 Å². The number of carboxylic acids is 1. The second kappa shape index (κ2) is 12.3. The molecular formula is C38H45ClN2O5. The van der Waals surface area contributed by atoms with Gasteiger partial charge in [-0.05, 0) is 128 Å². The maximum Gasteiger partial charge on any atom is 0.329 e. The molecule has 1 aromatic heterocycles. The lowest BCUT2D eigenvalue weighted by molar-refractivity contribution is -0.144. The summed E-state index contributed by atoms with van der Waals surface area (Å²) in [5.74, 6) is 2.95. The van der Waals surface area contributed by atoms with Gasteiger partial charge >= 0.3 is 5.97 Å². The average Bonchev–Trinajstić information content (AvgIpc) is 3.57.